The maximum Gasteiger partial charge on any atom is 0.264 e. The Morgan fingerprint density at radius 2 is 1.51 bits per heavy atom. The zero-order chi connectivity index (χ0) is 28.9. The number of rotatable bonds is 10. The van der Waals surface area contributed by atoms with Crippen molar-refractivity contribution in [2.45, 2.75) is 38.3 Å². The lowest BCUT2D eigenvalue weighted by molar-refractivity contribution is -0.139. The number of hydrogen-bond donors (Lipinski definition) is 1. The molecule has 0 spiro atoms. The topological polar surface area (TPSA) is 86.8 Å². The van der Waals surface area contributed by atoms with Crippen LogP contribution in [-0.2, 0) is 26.2 Å². The van der Waals surface area contributed by atoms with Gasteiger partial charge in [0, 0.05) is 28.2 Å². The molecule has 39 heavy (non-hydrogen) atoms. The van der Waals surface area contributed by atoms with E-state index in [1.807, 2.05) is 6.92 Å². The molecule has 12 heteroatoms. The number of benzene rings is 3. The molecule has 1 atom stereocenters. The predicted octanol–water partition coefficient (Wildman–Crippen LogP) is 6.36. The fraction of sp³-hybridized carbons (Fsp3) is 0.259. The molecule has 0 bridgehead atoms. The van der Waals surface area contributed by atoms with Crippen molar-refractivity contribution >= 4 is 73.9 Å². The van der Waals surface area contributed by atoms with Crippen molar-refractivity contribution < 1.29 is 18.0 Å². The van der Waals surface area contributed by atoms with E-state index < -0.39 is 34.4 Å². The Morgan fingerprint density at radius 1 is 0.897 bits per heavy atom. The second-order valence-electron chi connectivity index (χ2n) is 8.75. The van der Waals surface area contributed by atoms with Gasteiger partial charge in [0.05, 0.1) is 15.6 Å². The first-order valence-corrected chi connectivity index (χ1v) is 14.9. The third-order valence-electron chi connectivity index (χ3n) is 5.94. The molecule has 0 aromatic heterocycles. The Hall–Kier alpha value is -2.49. The van der Waals surface area contributed by atoms with E-state index in [-0.39, 0.29) is 27.2 Å². The molecular formula is C27H27Cl4N3O4S. The van der Waals surface area contributed by atoms with Crippen molar-refractivity contribution in [2.75, 3.05) is 17.4 Å². The normalized spacial score (nSPS) is 12.1. The third-order valence-corrected chi connectivity index (χ3v) is 8.85. The van der Waals surface area contributed by atoms with Gasteiger partial charge in [-0.25, -0.2) is 8.42 Å². The highest BCUT2D eigenvalue weighted by Crippen LogP contribution is 2.33. The van der Waals surface area contributed by atoms with Crippen molar-refractivity contribution in [3.05, 3.63) is 91.9 Å². The average Bonchev–Trinajstić information content (AvgIpc) is 2.88. The maximum absolute atomic E-state index is 13.9. The fourth-order valence-electron chi connectivity index (χ4n) is 3.77. The summed E-state index contributed by atoms with van der Waals surface area (Å²) in [5.74, 6) is -1.07. The molecule has 0 fully saturated rings. The number of carbonyl (C=O) groups is 2. The zero-order valence-electron chi connectivity index (χ0n) is 21.4. The van der Waals surface area contributed by atoms with E-state index in [0.29, 0.717) is 22.2 Å². The number of halogens is 4. The number of sulfonamides is 1. The van der Waals surface area contributed by atoms with Gasteiger partial charge in [0.25, 0.3) is 10.0 Å². The smallest absolute Gasteiger partial charge is 0.264 e. The van der Waals surface area contributed by atoms with Crippen molar-refractivity contribution in [3.63, 3.8) is 0 Å². The molecule has 1 unspecified atom stereocenters. The lowest BCUT2D eigenvalue weighted by Crippen LogP contribution is -2.51. The second kappa shape index (κ2) is 13.2. The van der Waals surface area contributed by atoms with Gasteiger partial charge in [-0.3, -0.25) is 13.9 Å². The van der Waals surface area contributed by atoms with E-state index in [1.165, 1.54) is 41.3 Å². The molecule has 0 aliphatic heterocycles. The highest BCUT2D eigenvalue weighted by molar-refractivity contribution is 7.92. The molecule has 0 heterocycles. The summed E-state index contributed by atoms with van der Waals surface area (Å²) in [6.45, 7) is 4.74. The van der Waals surface area contributed by atoms with Gasteiger partial charge in [0.2, 0.25) is 11.8 Å². The zero-order valence-corrected chi connectivity index (χ0v) is 25.3. The number of aryl methyl sites for hydroxylation is 1. The minimum atomic E-state index is -4.28. The van der Waals surface area contributed by atoms with Crippen molar-refractivity contribution in [1.29, 1.82) is 0 Å². The van der Waals surface area contributed by atoms with Gasteiger partial charge in [-0.15, -0.1) is 0 Å². The first kappa shape index (κ1) is 31.0. The van der Waals surface area contributed by atoms with E-state index in [1.54, 1.807) is 38.1 Å². The molecular weight excluding hydrogens is 604 g/mol. The summed E-state index contributed by atoms with van der Waals surface area (Å²) in [5.41, 5.74) is 1.41. The van der Waals surface area contributed by atoms with Crippen molar-refractivity contribution in [2.24, 2.45) is 0 Å². The quantitative estimate of drug-likeness (QED) is 0.283. The minimum Gasteiger partial charge on any atom is -0.355 e. The lowest BCUT2D eigenvalue weighted by atomic mass is 10.1. The van der Waals surface area contributed by atoms with Crippen LogP contribution >= 0.6 is 46.4 Å². The average molecular weight is 631 g/mol. The van der Waals surface area contributed by atoms with E-state index in [2.05, 4.69) is 5.32 Å². The number of anilines is 1. The van der Waals surface area contributed by atoms with E-state index >= 15 is 0 Å². The number of likely N-dealkylation sites (N-methyl/N-ethyl adjacent to an activating group) is 1. The number of hydrogen-bond acceptors (Lipinski definition) is 4. The van der Waals surface area contributed by atoms with Crippen LogP contribution in [0.1, 0.15) is 25.0 Å². The standard InChI is InChI=1S/C27H27Cl4N3O4S/c1-4-32-27(36)18(3)33(15-19-7-8-20(28)13-24(19)31)26(35)16-34(25-14-21(29)9-12-23(25)30)39(37,38)22-10-5-17(2)6-11-22/h5-14,18H,4,15-16H2,1-3H3,(H,32,36). The summed E-state index contributed by atoms with van der Waals surface area (Å²) < 4.78 is 28.6. The molecule has 0 saturated heterocycles. The van der Waals surface area contributed by atoms with E-state index in [4.69, 9.17) is 46.4 Å². The maximum atomic E-state index is 13.9. The Morgan fingerprint density at radius 3 is 2.13 bits per heavy atom. The summed E-state index contributed by atoms with van der Waals surface area (Å²) in [6, 6.07) is 14.4. The number of amides is 2. The van der Waals surface area contributed by atoms with Crippen LogP contribution in [0.5, 0.6) is 0 Å². The van der Waals surface area contributed by atoms with Gasteiger partial charge in [0.1, 0.15) is 12.6 Å². The third kappa shape index (κ3) is 7.58. The SMILES string of the molecule is CCNC(=O)C(C)N(Cc1ccc(Cl)cc1Cl)C(=O)CN(c1cc(Cl)ccc1Cl)S(=O)(=O)c1ccc(C)cc1. The fourth-order valence-corrected chi connectivity index (χ4v) is 6.09. The van der Waals surface area contributed by atoms with Gasteiger partial charge in [-0.1, -0.05) is 70.2 Å². The minimum absolute atomic E-state index is 0.0215. The van der Waals surface area contributed by atoms with Gasteiger partial charge in [-0.05, 0) is 68.8 Å². The molecule has 0 saturated carbocycles. The molecule has 2 amide bonds. The summed E-state index contributed by atoms with van der Waals surface area (Å²) in [5, 5.41) is 3.70. The first-order valence-electron chi connectivity index (χ1n) is 11.9. The molecule has 3 rings (SSSR count). The van der Waals surface area contributed by atoms with Gasteiger partial charge in [0.15, 0.2) is 0 Å². The summed E-state index contributed by atoms with van der Waals surface area (Å²) in [4.78, 5) is 27.9. The lowest BCUT2D eigenvalue weighted by Gasteiger charge is -2.32. The molecule has 0 aliphatic rings. The Balaban J connectivity index is 2.09. The van der Waals surface area contributed by atoms with Crippen LogP contribution in [0.15, 0.2) is 65.6 Å². The monoisotopic (exact) mass is 629 g/mol. The van der Waals surface area contributed by atoms with Gasteiger partial charge >= 0.3 is 0 Å². The molecule has 0 aliphatic carbocycles. The van der Waals surface area contributed by atoms with Gasteiger partial charge < -0.3 is 10.2 Å². The van der Waals surface area contributed by atoms with Crippen LogP contribution in [0.4, 0.5) is 5.69 Å². The van der Waals surface area contributed by atoms with E-state index in [0.717, 1.165) is 9.87 Å². The molecule has 0 radical (unpaired) electrons. The Bertz CT molecular complexity index is 1470. The highest BCUT2D eigenvalue weighted by Gasteiger charge is 2.33. The molecule has 7 nitrogen and oxygen atoms in total. The van der Waals surface area contributed by atoms with Crippen molar-refractivity contribution in [3.8, 4) is 0 Å². The van der Waals surface area contributed by atoms with Crippen LogP contribution in [0, 0.1) is 6.92 Å². The first-order chi connectivity index (χ1) is 18.3. The molecule has 208 valence electrons. The van der Waals surface area contributed by atoms with Crippen LogP contribution in [0.2, 0.25) is 20.1 Å². The number of nitrogens with one attached hydrogen (secondary N) is 1. The summed E-state index contributed by atoms with van der Waals surface area (Å²) in [6.07, 6.45) is 0. The Kier molecular flexibility index (Phi) is 10.5. The number of nitrogens with zero attached hydrogens (tertiary/aromatic N) is 2. The molecule has 1 N–H and O–H groups in total. The Labute approximate surface area is 248 Å². The predicted molar refractivity (Wildman–Crippen MR) is 157 cm³/mol. The van der Waals surface area contributed by atoms with Crippen LogP contribution < -0.4 is 9.62 Å². The second-order valence-corrected chi connectivity index (χ2v) is 12.3. The van der Waals surface area contributed by atoms with Crippen LogP contribution in [-0.4, -0.2) is 44.3 Å². The summed E-state index contributed by atoms with van der Waals surface area (Å²) >= 11 is 25.0. The largest absolute Gasteiger partial charge is 0.355 e. The van der Waals surface area contributed by atoms with E-state index in [9.17, 15) is 18.0 Å². The van der Waals surface area contributed by atoms with Gasteiger partial charge in [-0.2, -0.15) is 0 Å². The van der Waals surface area contributed by atoms with Crippen LogP contribution in [0.3, 0.4) is 0 Å². The molecule has 3 aromatic rings. The highest BCUT2D eigenvalue weighted by atomic mass is 35.5. The van der Waals surface area contributed by atoms with Crippen molar-refractivity contribution in [1.82, 2.24) is 10.2 Å². The van der Waals surface area contributed by atoms with Crippen LogP contribution in [0.25, 0.3) is 0 Å². The molecule has 3 aromatic carbocycles. The summed E-state index contributed by atoms with van der Waals surface area (Å²) in [7, 11) is -4.28. The number of carbonyl (C=O) groups excluding carboxylic acids is 2.